The summed E-state index contributed by atoms with van der Waals surface area (Å²) < 4.78 is 38.2. The Kier molecular flexibility index (Phi) is 17.7. The molecule has 0 saturated heterocycles. The lowest BCUT2D eigenvalue weighted by molar-refractivity contribution is 0.181. The van der Waals surface area contributed by atoms with Crippen molar-refractivity contribution >= 4 is 15.0 Å². The van der Waals surface area contributed by atoms with Gasteiger partial charge in [-0.15, -0.1) is 6.58 Å². The summed E-state index contributed by atoms with van der Waals surface area (Å²) in [5.74, 6) is 0. The Morgan fingerprint density at radius 1 is 0.933 bits per heavy atom. The number of unbranched alkanes of at least 4 members (excludes halogenated alkanes) is 9. The van der Waals surface area contributed by atoms with Crippen molar-refractivity contribution in [1.82, 2.24) is 0 Å². The van der Waals surface area contributed by atoms with Gasteiger partial charge in [0.1, 0.15) is 5.40 Å². The molecule has 0 aromatic rings. The average Bonchev–Trinajstić information content (AvgIpc) is 2.69. The molecule has 30 heavy (non-hydrogen) atoms. The van der Waals surface area contributed by atoms with Gasteiger partial charge in [0.05, 0.1) is 12.7 Å². The van der Waals surface area contributed by atoms with Crippen LogP contribution in [0.4, 0.5) is 0 Å². The predicted molar refractivity (Wildman–Crippen MR) is 130 cm³/mol. The van der Waals surface area contributed by atoms with Gasteiger partial charge in [-0.2, -0.15) is 0 Å². The second-order valence-electron chi connectivity index (χ2n) is 8.28. The summed E-state index contributed by atoms with van der Waals surface area (Å²) in [4.78, 5) is 10.8. The number of allylic oxidation sites excluding steroid dienone is 1. The van der Waals surface area contributed by atoms with Gasteiger partial charge in [0.25, 0.3) is 0 Å². The summed E-state index contributed by atoms with van der Waals surface area (Å²) >= 11 is 0. The van der Waals surface area contributed by atoms with Crippen LogP contribution in [0.15, 0.2) is 12.7 Å². The highest BCUT2D eigenvalue weighted by molar-refractivity contribution is 7.74. The highest BCUT2D eigenvalue weighted by Gasteiger charge is 2.47. The maximum atomic E-state index is 13.8. The van der Waals surface area contributed by atoms with Gasteiger partial charge in [-0.05, 0) is 46.0 Å². The van der Waals surface area contributed by atoms with Gasteiger partial charge in [-0.3, -0.25) is 9.13 Å². The molecule has 0 aliphatic heterocycles. The fourth-order valence-corrected chi connectivity index (χ4v) is 9.66. The minimum Gasteiger partial charge on any atom is -0.328 e. The van der Waals surface area contributed by atoms with E-state index in [1.807, 2.05) is 13.0 Å². The van der Waals surface area contributed by atoms with Crippen molar-refractivity contribution < 1.29 is 23.1 Å². The van der Waals surface area contributed by atoms with Gasteiger partial charge in [0, 0.05) is 6.16 Å². The molecule has 0 aliphatic carbocycles. The zero-order valence-electron chi connectivity index (χ0n) is 20.0. The quantitative estimate of drug-likeness (QED) is 0.104. The van der Waals surface area contributed by atoms with Crippen LogP contribution >= 0.6 is 15.0 Å². The van der Waals surface area contributed by atoms with Crippen LogP contribution in [-0.2, 0) is 18.2 Å². The summed E-state index contributed by atoms with van der Waals surface area (Å²) in [6.45, 7) is 11.6. The fourth-order valence-electron chi connectivity index (χ4n) is 3.58. The molecule has 0 aromatic heterocycles. The molecule has 0 bridgehead atoms. The lowest BCUT2D eigenvalue weighted by atomic mass is 10.1. The van der Waals surface area contributed by atoms with E-state index in [2.05, 4.69) is 13.5 Å². The minimum atomic E-state index is -4.04. The topological polar surface area (TPSA) is 72.8 Å². The average molecular weight is 467 g/mol. The van der Waals surface area contributed by atoms with Crippen LogP contribution in [0.3, 0.4) is 0 Å². The lowest BCUT2D eigenvalue weighted by Gasteiger charge is -2.31. The third-order valence-corrected chi connectivity index (χ3v) is 11.9. The molecule has 5 nitrogen and oxygen atoms in total. The first-order chi connectivity index (χ1) is 14.3. The van der Waals surface area contributed by atoms with Crippen molar-refractivity contribution in [1.29, 1.82) is 0 Å². The SMILES string of the molecule is C=CCCCCCCCCCP(=O)(OCC)C(CCCCC)P(=O)(O)OC(C)CC. The minimum absolute atomic E-state index is 0.286. The van der Waals surface area contributed by atoms with E-state index in [0.29, 0.717) is 19.0 Å². The summed E-state index contributed by atoms with van der Waals surface area (Å²) in [6, 6.07) is 0. The molecule has 0 spiro atoms. The summed E-state index contributed by atoms with van der Waals surface area (Å²) in [5.41, 5.74) is 0. The van der Waals surface area contributed by atoms with Crippen molar-refractivity contribution in [3.05, 3.63) is 12.7 Å². The number of hydrogen-bond donors (Lipinski definition) is 1. The van der Waals surface area contributed by atoms with Crippen LogP contribution in [0.2, 0.25) is 0 Å². The molecular formula is C23H48O5P2. The zero-order valence-corrected chi connectivity index (χ0v) is 21.8. The largest absolute Gasteiger partial charge is 0.341 e. The van der Waals surface area contributed by atoms with Crippen LogP contribution in [0, 0.1) is 0 Å². The van der Waals surface area contributed by atoms with Gasteiger partial charge in [0.15, 0.2) is 0 Å². The van der Waals surface area contributed by atoms with Gasteiger partial charge in [-0.25, -0.2) is 0 Å². The molecule has 0 rings (SSSR count). The van der Waals surface area contributed by atoms with Crippen molar-refractivity contribution in [2.24, 2.45) is 0 Å². The monoisotopic (exact) mass is 466 g/mol. The predicted octanol–water partition coefficient (Wildman–Crippen LogP) is 8.51. The Labute approximate surface area is 186 Å². The molecule has 0 saturated carbocycles. The van der Waals surface area contributed by atoms with E-state index in [0.717, 1.165) is 44.9 Å². The van der Waals surface area contributed by atoms with Gasteiger partial charge in [0.2, 0.25) is 7.37 Å². The molecule has 0 fully saturated rings. The maximum Gasteiger partial charge on any atom is 0.341 e. The maximum absolute atomic E-state index is 13.8. The Morgan fingerprint density at radius 3 is 2.07 bits per heavy atom. The smallest absolute Gasteiger partial charge is 0.328 e. The highest BCUT2D eigenvalue weighted by Crippen LogP contribution is 2.69. The Morgan fingerprint density at radius 2 is 1.53 bits per heavy atom. The summed E-state index contributed by atoms with van der Waals surface area (Å²) in [5, 5.41) is -0.913. The Hall–Kier alpha value is 0.0800. The zero-order chi connectivity index (χ0) is 22.9. The van der Waals surface area contributed by atoms with Crippen molar-refractivity contribution in [2.45, 2.75) is 123 Å². The summed E-state index contributed by atoms with van der Waals surface area (Å²) in [6.07, 6.45) is 14.5. The molecule has 4 unspecified atom stereocenters. The van der Waals surface area contributed by atoms with E-state index in [1.165, 1.54) is 25.7 Å². The molecule has 0 amide bonds. The van der Waals surface area contributed by atoms with Crippen LogP contribution in [0.1, 0.15) is 111 Å². The number of rotatable bonds is 21. The molecule has 180 valence electrons. The molecule has 4 atom stereocenters. The van der Waals surface area contributed by atoms with Gasteiger partial charge >= 0.3 is 7.60 Å². The second-order valence-corrected chi connectivity index (χ2v) is 13.4. The van der Waals surface area contributed by atoms with Crippen LogP contribution in [0.25, 0.3) is 0 Å². The Bertz CT molecular complexity index is 524. The standard InChI is InChI=1S/C23H48O5P2/c1-6-10-12-13-14-15-16-17-19-21-29(24,27-9-4)23(20-18-11-7-2)30(25,26)28-22(5)8-3/h6,22-23H,1,7-21H2,2-5H3,(H,25,26). The van der Waals surface area contributed by atoms with Crippen LogP contribution in [0.5, 0.6) is 0 Å². The van der Waals surface area contributed by atoms with E-state index in [-0.39, 0.29) is 12.7 Å². The first kappa shape index (κ1) is 30.1. The van der Waals surface area contributed by atoms with Crippen LogP contribution in [-0.4, -0.2) is 29.2 Å². The molecule has 7 heteroatoms. The number of hydrogen-bond acceptors (Lipinski definition) is 4. The third-order valence-electron chi connectivity index (χ3n) is 5.53. The lowest BCUT2D eigenvalue weighted by Crippen LogP contribution is -2.18. The van der Waals surface area contributed by atoms with E-state index in [9.17, 15) is 14.0 Å². The third kappa shape index (κ3) is 12.8. The first-order valence-corrected chi connectivity index (χ1v) is 15.6. The first-order valence-electron chi connectivity index (χ1n) is 12.1. The second kappa shape index (κ2) is 17.6. The van der Waals surface area contributed by atoms with Gasteiger partial charge < -0.3 is 13.9 Å². The van der Waals surface area contributed by atoms with Crippen molar-refractivity contribution in [3.63, 3.8) is 0 Å². The molecule has 0 aromatic carbocycles. The fraction of sp³-hybridized carbons (Fsp3) is 0.913. The van der Waals surface area contributed by atoms with E-state index < -0.39 is 20.4 Å². The van der Waals surface area contributed by atoms with Crippen LogP contribution < -0.4 is 0 Å². The Balaban J connectivity index is 4.95. The normalized spacial score (nSPS) is 17.8. The molecule has 0 aliphatic rings. The van der Waals surface area contributed by atoms with E-state index in [4.69, 9.17) is 9.05 Å². The van der Waals surface area contributed by atoms with E-state index >= 15 is 0 Å². The molecular weight excluding hydrogens is 418 g/mol. The van der Waals surface area contributed by atoms with Crippen molar-refractivity contribution in [3.8, 4) is 0 Å². The van der Waals surface area contributed by atoms with E-state index in [1.54, 1.807) is 13.8 Å². The highest BCUT2D eigenvalue weighted by atomic mass is 31.2. The van der Waals surface area contributed by atoms with Crippen molar-refractivity contribution in [2.75, 3.05) is 12.8 Å². The molecule has 0 radical (unpaired) electrons. The van der Waals surface area contributed by atoms with Gasteiger partial charge in [-0.1, -0.05) is 71.3 Å². The summed E-state index contributed by atoms with van der Waals surface area (Å²) in [7, 11) is -7.32. The molecule has 1 N–H and O–H groups in total. The molecule has 0 heterocycles.